The van der Waals surface area contributed by atoms with E-state index in [1.54, 1.807) is 0 Å². The maximum absolute atomic E-state index is 12.2. The molecule has 106 valence electrons. The number of halogens is 9. The molecule has 0 aliphatic carbocycles. The second kappa shape index (κ2) is 4.61. The molecular weight excluding hydrogens is 411 g/mol. The Morgan fingerprint density at radius 2 is 1.29 bits per heavy atom. The summed E-state index contributed by atoms with van der Waals surface area (Å²) < 4.78 is 118. The van der Waals surface area contributed by atoms with Crippen LogP contribution in [-0.2, 0) is 12.6 Å². The summed E-state index contributed by atoms with van der Waals surface area (Å²) >= 11 is -6.22. The third kappa shape index (κ3) is 3.75. The van der Waals surface area contributed by atoms with E-state index >= 15 is 0 Å². The average molecular weight is 412 g/mol. The summed E-state index contributed by atoms with van der Waals surface area (Å²) in [7, 11) is -6.70. The van der Waals surface area contributed by atoms with Gasteiger partial charge in [-0.1, -0.05) is 0 Å². The van der Waals surface area contributed by atoms with E-state index in [-0.39, 0.29) is 0 Å². The minimum atomic E-state index is -6.70. The van der Waals surface area contributed by atoms with Crippen LogP contribution in [-0.4, -0.2) is 27.5 Å². The number of rotatable bonds is 3. The van der Waals surface area contributed by atoms with Crippen molar-refractivity contribution in [1.82, 2.24) is 0 Å². The van der Waals surface area contributed by atoms with Crippen LogP contribution in [0.15, 0.2) is 0 Å². The quantitative estimate of drug-likeness (QED) is 0.335. The molecule has 0 aliphatic rings. The van der Waals surface area contributed by atoms with Gasteiger partial charge in [0.15, 0.2) is 0 Å². The fraction of sp³-hybridized carbons (Fsp3) is 1.00. The molecule has 0 aromatic heterocycles. The molecule has 0 fully saturated rings. The molecule has 0 amide bonds. The van der Waals surface area contributed by atoms with Gasteiger partial charge in [0.1, 0.15) is 0 Å². The Balaban J connectivity index is 5.09. The molecule has 4 nitrogen and oxygen atoms in total. The summed E-state index contributed by atoms with van der Waals surface area (Å²) in [6, 6.07) is 0. The average Bonchev–Trinajstić information content (AvgIpc) is 1.98. The molecule has 0 saturated heterocycles. The molecule has 0 aliphatic heterocycles. The summed E-state index contributed by atoms with van der Waals surface area (Å²) in [5, 5.41) is 0. The molecular formula is C3HF8IO4S. The van der Waals surface area contributed by atoms with E-state index in [1.807, 2.05) is 0 Å². The van der Waals surface area contributed by atoms with Gasteiger partial charge in [0.25, 0.3) is 0 Å². The first-order valence-electron chi connectivity index (χ1n) is 2.98. The van der Waals surface area contributed by atoms with Crippen molar-refractivity contribution in [1.29, 1.82) is 0 Å². The predicted molar refractivity (Wildman–Crippen MR) is 43.3 cm³/mol. The van der Waals surface area contributed by atoms with Gasteiger partial charge in [0, 0.05) is 0 Å². The van der Waals surface area contributed by atoms with Crippen LogP contribution in [0.25, 0.3) is 0 Å². The summed E-state index contributed by atoms with van der Waals surface area (Å²) in [4.78, 5) is 0. The third-order valence-corrected chi connectivity index (χ3v) is 6.02. The Morgan fingerprint density at radius 3 is 1.53 bits per heavy atom. The molecule has 17 heavy (non-hydrogen) atoms. The van der Waals surface area contributed by atoms with Gasteiger partial charge in [-0.05, 0) is 0 Å². The van der Waals surface area contributed by atoms with Gasteiger partial charge in [-0.2, -0.15) is 0 Å². The van der Waals surface area contributed by atoms with Crippen LogP contribution < -0.4 is 0 Å². The maximum atomic E-state index is 12.2. The number of alkyl halides is 9. The van der Waals surface area contributed by atoms with Gasteiger partial charge in [-0.15, -0.1) is 0 Å². The van der Waals surface area contributed by atoms with Crippen molar-refractivity contribution in [2.24, 2.45) is 0 Å². The second-order valence-corrected chi connectivity index (χ2v) is 7.44. The molecule has 0 aromatic rings. The van der Waals surface area contributed by atoms with Crippen LogP contribution in [0, 0.1) is 0 Å². The first-order chi connectivity index (χ1) is 7.13. The summed E-state index contributed by atoms with van der Waals surface area (Å²) in [6.45, 7) is 0. The van der Waals surface area contributed by atoms with Gasteiger partial charge in [0.2, 0.25) is 0 Å². The van der Waals surface area contributed by atoms with Gasteiger partial charge < -0.3 is 0 Å². The SMILES string of the molecule is O=S(=O)(OI(O)C(F)(F)C(F)(F)F)C(F)(F)F. The zero-order valence-corrected chi connectivity index (χ0v) is 9.96. The van der Waals surface area contributed by atoms with Gasteiger partial charge in [-0.3, -0.25) is 0 Å². The van der Waals surface area contributed by atoms with E-state index in [0.29, 0.717) is 0 Å². The molecule has 0 heterocycles. The van der Waals surface area contributed by atoms with Gasteiger partial charge in [-0.25, -0.2) is 0 Å². The van der Waals surface area contributed by atoms with Crippen LogP contribution in [0.2, 0.25) is 0 Å². The fourth-order valence-corrected chi connectivity index (χ4v) is 3.71. The molecule has 0 bridgehead atoms. The minimum absolute atomic E-state index is 2.48. The van der Waals surface area contributed by atoms with Crippen LogP contribution >= 0.6 is 20.6 Å². The summed E-state index contributed by atoms with van der Waals surface area (Å²) in [5.74, 6) is 0. The van der Waals surface area contributed by atoms with E-state index in [2.05, 4.69) is 2.51 Å². The topological polar surface area (TPSA) is 63.6 Å². The Morgan fingerprint density at radius 1 is 0.941 bits per heavy atom. The Labute approximate surface area is 96.1 Å². The zero-order chi connectivity index (χ0) is 14.3. The predicted octanol–water partition coefficient (Wildman–Crippen LogP) is 2.34. The molecule has 0 rings (SSSR count). The number of hydrogen-bond acceptors (Lipinski definition) is 4. The number of hydrogen-bond donors (Lipinski definition) is 1. The first-order valence-corrected chi connectivity index (χ1v) is 7.31. The van der Waals surface area contributed by atoms with Crippen molar-refractivity contribution in [2.45, 2.75) is 15.6 Å². The molecule has 1 N–H and O–H groups in total. The van der Waals surface area contributed by atoms with Crippen molar-refractivity contribution in [3.05, 3.63) is 0 Å². The standard InChI is InChI=1S/C3HF8IO4S/c4-1(5,6)2(7,8)12(13)16-17(14,15)3(9,10)11/h13H. The van der Waals surface area contributed by atoms with E-state index in [1.165, 1.54) is 0 Å². The molecule has 0 atom stereocenters. The van der Waals surface area contributed by atoms with Crippen LogP contribution in [0.5, 0.6) is 0 Å². The van der Waals surface area contributed by atoms with E-state index in [4.69, 9.17) is 3.44 Å². The normalized spacial score (nSPS) is 15.9. The first kappa shape index (κ1) is 17.0. The van der Waals surface area contributed by atoms with Crippen molar-refractivity contribution >= 4 is 30.8 Å². The van der Waals surface area contributed by atoms with Crippen molar-refractivity contribution in [3.8, 4) is 0 Å². The molecule has 0 saturated carbocycles. The molecule has 14 heteroatoms. The van der Waals surface area contributed by atoms with Crippen molar-refractivity contribution in [2.75, 3.05) is 0 Å². The van der Waals surface area contributed by atoms with Crippen molar-refractivity contribution in [3.63, 3.8) is 0 Å². The van der Waals surface area contributed by atoms with Crippen LogP contribution in [0.4, 0.5) is 35.1 Å². The van der Waals surface area contributed by atoms with Gasteiger partial charge >= 0.3 is 95.9 Å². The third-order valence-electron chi connectivity index (χ3n) is 0.951. The molecule has 0 aromatic carbocycles. The van der Waals surface area contributed by atoms with E-state index in [0.717, 1.165) is 0 Å². The van der Waals surface area contributed by atoms with E-state index in [9.17, 15) is 43.5 Å². The van der Waals surface area contributed by atoms with Crippen LogP contribution in [0.3, 0.4) is 0 Å². The summed E-state index contributed by atoms with van der Waals surface area (Å²) in [5.41, 5.74) is -6.20. The molecule has 0 radical (unpaired) electrons. The molecule has 0 unspecified atom stereocenters. The monoisotopic (exact) mass is 412 g/mol. The zero-order valence-electron chi connectivity index (χ0n) is 6.98. The van der Waals surface area contributed by atoms with Crippen molar-refractivity contribution < 1.29 is 49.5 Å². The Kier molecular flexibility index (Phi) is 4.63. The second-order valence-electron chi connectivity index (χ2n) is 2.19. The Hall–Kier alpha value is 0.0400. The fourth-order valence-electron chi connectivity index (χ4n) is 0.245. The molecule has 0 spiro atoms. The van der Waals surface area contributed by atoms with E-state index < -0.39 is 46.4 Å². The van der Waals surface area contributed by atoms with Gasteiger partial charge in [0.05, 0.1) is 0 Å². The Bertz CT molecular complexity index is 369. The van der Waals surface area contributed by atoms with Crippen LogP contribution in [0.1, 0.15) is 0 Å². The summed E-state index contributed by atoms with van der Waals surface area (Å²) in [6.07, 6.45) is -6.41.